The van der Waals surface area contributed by atoms with Crippen LogP contribution in [0.5, 0.6) is 5.75 Å². The van der Waals surface area contributed by atoms with E-state index in [2.05, 4.69) is 20.8 Å². The van der Waals surface area contributed by atoms with Crippen LogP contribution in [0.1, 0.15) is 72.6 Å². The van der Waals surface area contributed by atoms with Crippen molar-refractivity contribution in [2.45, 2.75) is 97.2 Å². The number of para-hydroxylation sites is 1. The van der Waals surface area contributed by atoms with Crippen molar-refractivity contribution >= 4 is 5.97 Å². The van der Waals surface area contributed by atoms with Gasteiger partial charge in [-0.3, -0.25) is 4.79 Å². The van der Waals surface area contributed by atoms with Crippen LogP contribution >= 0.6 is 0 Å². The van der Waals surface area contributed by atoms with E-state index in [0.717, 1.165) is 38.5 Å². The Balaban J connectivity index is 3.06. The Bertz CT molecular complexity index is 596. The van der Waals surface area contributed by atoms with Gasteiger partial charge in [0.2, 0.25) is 6.29 Å². The van der Waals surface area contributed by atoms with Crippen LogP contribution < -0.4 is 4.74 Å². The molecular formula is C26H44O7. The lowest BCUT2D eigenvalue weighted by Crippen LogP contribution is -2.51. The fourth-order valence-electron chi connectivity index (χ4n) is 3.23. The summed E-state index contributed by atoms with van der Waals surface area (Å²) in [5, 5.41) is 10.9. The molecule has 0 saturated heterocycles. The lowest BCUT2D eigenvalue weighted by Gasteiger charge is -2.35. The molecular weight excluding hydrogens is 424 g/mol. The van der Waals surface area contributed by atoms with E-state index in [-0.39, 0.29) is 0 Å². The van der Waals surface area contributed by atoms with Crippen molar-refractivity contribution in [1.82, 2.24) is 0 Å². The Labute approximate surface area is 199 Å². The maximum absolute atomic E-state index is 12.0. The molecule has 4 atom stereocenters. The lowest BCUT2D eigenvalue weighted by atomic mass is 10.0. The summed E-state index contributed by atoms with van der Waals surface area (Å²) in [4.78, 5) is 12.0. The topological polar surface area (TPSA) is 83.5 Å². The summed E-state index contributed by atoms with van der Waals surface area (Å²) < 4.78 is 29.4. The van der Waals surface area contributed by atoms with Gasteiger partial charge in [0, 0.05) is 33.4 Å². The second-order valence-electron chi connectivity index (χ2n) is 8.10. The number of esters is 1. The number of carbonyl (C=O) groups is 1. The zero-order valence-electron chi connectivity index (χ0n) is 20.9. The van der Waals surface area contributed by atoms with Gasteiger partial charge >= 0.3 is 5.97 Å². The van der Waals surface area contributed by atoms with Crippen molar-refractivity contribution in [1.29, 1.82) is 0 Å². The fraction of sp³-hybridized carbons (Fsp3) is 0.731. The second kappa shape index (κ2) is 18.7. The molecule has 1 aromatic carbocycles. The molecule has 0 aliphatic heterocycles. The maximum Gasteiger partial charge on any atom is 0.303 e. The highest BCUT2D eigenvalue weighted by Crippen LogP contribution is 2.22. The first-order chi connectivity index (χ1) is 16.0. The molecule has 1 rings (SSSR count). The van der Waals surface area contributed by atoms with Gasteiger partial charge in [-0.1, -0.05) is 58.2 Å². The largest absolute Gasteiger partial charge is 0.461 e. The molecule has 7 heteroatoms. The Morgan fingerprint density at radius 1 is 0.848 bits per heavy atom. The predicted molar refractivity (Wildman–Crippen MR) is 128 cm³/mol. The minimum atomic E-state index is -1.42. The van der Waals surface area contributed by atoms with Crippen LogP contribution in [0, 0.1) is 0 Å². The van der Waals surface area contributed by atoms with Crippen LogP contribution in [0.2, 0.25) is 0 Å². The SMILES string of the molecule is CCCCOCC[C@@H](OCCCC)C(OCCCC)[C@@H](OC(C)=O)[C@H](O)Oc1ccccc1. The Morgan fingerprint density at radius 2 is 1.45 bits per heavy atom. The molecule has 33 heavy (non-hydrogen) atoms. The Kier molecular flexibility index (Phi) is 16.7. The Morgan fingerprint density at radius 3 is 2.06 bits per heavy atom. The van der Waals surface area contributed by atoms with Gasteiger partial charge in [-0.15, -0.1) is 0 Å². The Hall–Kier alpha value is -1.67. The summed E-state index contributed by atoms with van der Waals surface area (Å²) in [7, 11) is 0. The minimum Gasteiger partial charge on any atom is -0.461 e. The van der Waals surface area contributed by atoms with E-state index in [1.165, 1.54) is 6.92 Å². The van der Waals surface area contributed by atoms with Crippen molar-refractivity contribution < 1.29 is 33.6 Å². The van der Waals surface area contributed by atoms with Crippen molar-refractivity contribution in [3.05, 3.63) is 30.3 Å². The van der Waals surface area contributed by atoms with E-state index in [1.54, 1.807) is 12.1 Å². The van der Waals surface area contributed by atoms with Gasteiger partial charge in [0.25, 0.3) is 0 Å². The third-order valence-electron chi connectivity index (χ3n) is 5.10. The van der Waals surface area contributed by atoms with Crippen LogP contribution in [0.4, 0.5) is 0 Å². The minimum absolute atomic E-state index is 0.423. The van der Waals surface area contributed by atoms with Crippen LogP contribution in [0.25, 0.3) is 0 Å². The summed E-state index contributed by atoms with van der Waals surface area (Å²) in [6.45, 7) is 9.79. The standard InChI is InChI=1S/C26H44O7/c1-5-8-17-29-20-16-23(30-18-9-6-2)24(31-19-10-7-3)25(32-21(4)27)26(28)33-22-14-12-11-13-15-22/h11-15,23-26,28H,5-10,16-20H2,1-4H3/t23-,24?,25-,26-/m1/s1. The molecule has 0 heterocycles. The lowest BCUT2D eigenvalue weighted by molar-refractivity contribution is -0.211. The van der Waals surface area contributed by atoms with E-state index in [4.69, 9.17) is 23.7 Å². The predicted octanol–water partition coefficient (Wildman–Crippen LogP) is 4.89. The van der Waals surface area contributed by atoms with E-state index >= 15 is 0 Å². The first-order valence-electron chi connectivity index (χ1n) is 12.4. The summed E-state index contributed by atoms with van der Waals surface area (Å²) in [6, 6.07) is 8.94. The quantitative estimate of drug-likeness (QED) is 0.166. The normalized spacial score (nSPS) is 14.9. The zero-order valence-corrected chi connectivity index (χ0v) is 20.9. The number of aliphatic hydroxyl groups excluding tert-OH is 1. The number of hydrogen-bond acceptors (Lipinski definition) is 7. The first kappa shape index (κ1) is 29.4. The summed E-state index contributed by atoms with van der Waals surface area (Å²) >= 11 is 0. The molecule has 0 fully saturated rings. The van der Waals surface area contributed by atoms with E-state index in [1.807, 2.05) is 18.2 Å². The second-order valence-corrected chi connectivity index (χ2v) is 8.10. The molecule has 0 aliphatic carbocycles. The molecule has 0 radical (unpaired) electrons. The van der Waals surface area contributed by atoms with Crippen molar-refractivity contribution in [2.75, 3.05) is 26.4 Å². The van der Waals surface area contributed by atoms with Crippen molar-refractivity contribution in [2.24, 2.45) is 0 Å². The highest BCUT2D eigenvalue weighted by molar-refractivity contribution is 5.66. The van der Waals surface area contributed by atoms with Gasteiger partial charge < -0.3 is 28.8 Å². The van der Waals surface area contributed by atoms with Crippen LogP contribution in [0.3, 0.4) is 0 Å². The number of unbranched alkanes of at least 4 members (excludes halogenated alkanes) is 3. The van der Waals surface area contributed by atoms with Crippen LogP contribution in [-0.4, -0.2) is 62.1 Å². The number of aliphatic hydroxyl groups is 1. The molecule has 1 N–H and O–H groups in total. The number of benzene rings is 1. The molecule has 190 valence electrons. The average Bonchev–Trinajstić information content (AvgIpc) is 2.80. The van der Waals surface area contributed by atoms with Gasteiger partial charge in [0.1, 0.15) is 11.9 Å². The summed E-state index contributed by atoms with van der Waals surface area (Å²) in [5.41, 5.74) is 0. The monoisotopic (exact) mass is 468 g/mol. The zero-order chi connectivity index (χ0) is 24.3. The first-order valence-corrected chi connectivity index (χ1v) is 12.4. The number of hydrogen-bond donors (Lipinski definition) is 1. The molecule has 0 aromatic heterocycles. The van der Waals surface area contributed by atoms with Gasteiger partial charge in [0.15, 0.2) is 6.10 Å². The molecule has 1 aromatic rings. The molecule has 0 spiro atoms. The third-order valence-corrected chi connectivity index (χ3v) is 5.10. The fourth-order valence-corrected chi connectivity index (χ4v) is 3.23. The molecule has 0 saturated carbocycles. The van der Waals surface area contributed by atoms with E-state index in [9.17, 15) is 9.90 Å². The van der Waals surface area contributed by atoms with Gasteiger partial charge in [-0.05, 0) is 37.8 Å². The van der Waals surface area contributed by atoms with Crippen molar-refractivity contribution in [3.8, 4) is 5.75 Å². The average molecular weight is 469 g/mol. The van der Waals surface area contributed by atoms with Gasteiger partial charge in [-0.2, -0.15) is 0 Å². The van der Waals surface area contributed by atoms with Crippen molar-refractivity contribution in [3.63, 3.8) is 0 Å². The van der Waals surface area contributed by atoms with E-state index in [0.29, 0.717) is 38.6 Å². The maximum atomic E-state index is 12.0. The van der Waals surface area contributed by atoms with E-state index < -0.39 is 30.6 Å². The molecule has 7 nitrogen and oxygen atoms in total. The molecule has 1 unspecified atom stereocenters. The van der Waals surface area contributed by atoms with Crippen LogP contribution in [-0.2, 0) is 23.7 Å². The number of ether oxygens (including phenoxy) is 5. The van der Waals surface area contributed by atoms with Crippen LogP contribution in [0.15, 0.2) is 30.3 Å². The summed E-state index contributed by atoms with van der Waals surface area (Å²) in [6.07, 6.45) is 2.71. The smallest absolute Gasteiger partial charge is 0.303 e. The molecule has 0 bridgehead atoms. The highest BCUT2D eigenvalue weighted by Gasteiger charge is 2.39. The third kappa shape index (κ3) is 13.0. The summed E-state index contributed by atoms with van der Waals surface area (Å²) in [5.74, 6) is -0.0490. The number of carbonyl (C=O) groups excluding carboxylic acids is 1. The van der Waals surface area contributed by atoms with Gasteiger partial charge in [0.05, 0.1) is 6.10 Å². The van der Waals surface area contributed by atoms with Gasteiger partial charge in [-0.25, -0.2) is 0 Å². The highest BCUT2D eigenvalue weighted by atomic mass is 16.7. The molecule has 0 amide bonds. The molecule has 0 aliphatic rings. The number of rotatable bonds is 20.